The summed E-state index contributed by atoms with van der Waals surface area (Å²) in [7, 11) is 0. The molecule has 4 nitrogen and oxygen atoms in total. The summed E-state index contributed by atoms with van der Waals surface area (Å²) in [6, 6.07) is 15.2. The van der Waals surface area contributed by atoms with Gasteiger partial charge in [-0.1, -0.05) is 55.8 Å². The quantitative estimate of drug-likeness (QED) is 0.608. The lowest BCUT2D eigenvalue weighted by Gasteiger charge is -2.07. The number of imidazole rings is 1. The van der Waals surface area contributed by atoms with Gasteiger partial charge in [-0.2, -0.15) is 0 Å². The third-order valence-corrected chi connectivity index (χ3v) is 4.55. The molecule has 0 atom stereocenters. The number of hydrogen-bond donors (Lipinski definition) is 2. The first-order valence-corrected chi connectivity index (χ1v) is 9.11. The molecule has 0 aliphatic heterocycles. The van der Waals surface area contributed by atoms with Crippen LogP contribution in [0.4, 0.5) is 0 Å². The van der Waals surface area contributed by atoms with Gasteiger partial charge in [0.2, 0.25) is 0 Å². The molecule has 0 spiro atoms. The maximum absolute atomic E-state index is 11.4. The van der Waals surface area contributed by atoms with Crippen molar-refractivity contribution in [1.82, 2.24) is 9.97 Å². The van der Waals surface area contributed by atoms with Crippen molar-refractivity contribution in [2.75, 3.05) is 0 Å². The zero-order valence-electron chi connectivity index (χ0n) is 15.0. The minimum absolute atomic E-state index is 0.329. The highest BCUT2D eigenvalue weighted by Gasteiger charge is 2.10. The molecular formula is C22H24N2O2. The van der Waals surface area contributed by atoms with E-state index in [4.69, 9.17) is 0 Å². The minimum Gasteiger partial charge on any atom is -0.478 e. The second kappa shape index (κ2) is 8.48. The van der Waals surface area contributed by atoms with Crippen molar-refractivity contribution in [2.45, 2.75) is 39.0 Å². The first kappa shape index (κ1) is 17.9. The van der Waals surface area contributed by atoms with Crippen molar-refractivity contribution in [2.24, 2.45) is 0 Å². The highest BCUT2D eigenvalue weighted by atomic mass is 16.4. The number of benzene rings is 2. The summed E-state index contributed by atoms with van der Waals surface area (Å²) in [5.74, 6) is 0.123. The second-order valence-corrected chi connectivity index (χ2v) is 6.51. The van der Waals surface area contributed by atoms with Crippen LogP contribution in [0.1, 0.15) is 47.2 Å². The van der Waals surface area contributed by atoms with Crippen LogP contribution in [0.25, 0.3) is 11.1 Å². The van der Waals surface area contributed by atoms with Gasteiger partial charge in [0.15, 0.2) is 0 Å². The fourth-order valence-corrected chi connectivity index (χ4v) is 3.06. The van der Waals surface area contributed by atoms with E-state index in [-0.39, 0.29) is 0 Å². The van der Waals surface area contributed by atoms with Gasteiger partial charge in [-0.05, 0) is 42.0 Å². The van der Waals surface area contributed by atoms with E-state index in [0.717, 1.165) is 36.2 Å². The highest BCUT2D eigenvalue weighted by molar-refractivity contribution is 5.95. The van der Waals surface area contributed by atoms with Gasteiger partial charge >= 0.3 is 5.97 Å². The number of rotatable bonds is 8. The average molecular weight is 348 g/mol. The summed E-state index contributed by atoms with van der Waals surface area (Å²) in [5, 5.41) is 9.34. The lowest BCUT2D eigenvalue weighted by molar-refractivity contribution is 0.0697. The summed E-state index contributed by atoms with van der Waals surface area (Å²) in [5.41, 5.74) is 4.43. The van der Waals surface area contributed by atoms with Crippen LogP contribution in [0, 0.1) is 0 Å². The Bertz CT molecular complexity index is 866. The van der Waals surface area contributed by atoms with E-state index in [9.17, 15) is 9.90 Å². The van der Waals surface area contributed by atoms with Gasteiger partial charge in [0.1, 0.15) is 5.82 Å². The number of nitrogens with zero attached hydrogens (tertiary/aromatic N) is 1. The molecule has 4 heteroatoms. The summed E-state index contributed by atoms with van der Waals surface area (Å²) in [6.07, 6.45) is 7.14. The number of nitrogens with one attached hydrogen (secondary N) is 1. The fraction of sp³-hybridized carbons (Fsp3) is 0.273. The molecule has 3 aromatic rings. The highest BCUT2D eigenvalue weighted by Crippen LogP contribution is 2.24. The SMILES string of the molecule is CCCCc1cnc(CCc2ccc(-c3ccccc3C(=O)O)cc2)[nH]1. The molecule has 0 saturated heterocycles. The molecule has 0 aliphatic carbocycles. The van der Waals surface area contributed by atoms with Crippen LogP contribution in [-0.2, 0) is 19.3 Å². The average Bonchev–Trinajstić information content (AvgIpc) is 3.13. The molecule has 0 amide bonds. The van der Waals surface area contributed by atoms with Crippen molar-refractivity contribution >= 4 is 5.97 Å². The van der Waals surface area contributed by atoms with E-state index in [1.54, 1.807) is 12.1 Å². The number of carboxylic acids is 1. The molecule has 0 saturated carbocycles. The number of aromatic nitrogens is 2. The first-order valence-electron chi connectivity index (χ1n) is 9.11. The molecular weight excluding hydrogens is 324 g/mol. The Hall–Kier alpha value is -2.88. The van der Waals surface area contributed by atoms with Crippen LogP contribution in [-0.4, -0.2) is 21.0 Å². The number of aromatic amines is 1. The van der Waals surface area contributed by atoms with Crippen molar-refractivity contribution in [3.63, 3.8) is 0 Å². The number of aromatic carboxylic acids is 1. The minimum atomic E-state index is -0.902. The monoisotopic (exact) mass is 348 g/mol. The molecule has 0 unspecified atom stereocenters. The zero-order chi connectivity index (χ0) is 18.4. The van der Waals surface area contributed by atoms with Gasteiger partial charge in [0.25, 0.3) is 0 Å². The lowest BCUT2D eigenvalue weighted by atomic mass is 9.98. The largest absolute Gasteiger partial charge is 0.478 e. The molecule has 26 heavy (non-hydrogen) atoms. The topological polar surface area (TPSA) is 66.0 Å². The molecule has 2 aromatic carbocycles. The Morgan fingerprint density at radius 1 is 1.04 bits per heavy atom. The number of hydrogen-bond acceptors (Lipinski definition) is 2. The molecule has 0 aliphatic rings. The molecule has 0 fully saturated rings. The Labute approximate surface area is 153 Å². The molecule has 3 rings (SSSR count). The normalized spacial score (nSPS) is 10.8. The van der Waals surface area contributed by atoms with Crippen LogP contribution >= 0.6 is 0 Å². The number of H-pyrrole nitrogens is 1. The van der Waals surface area contributed by atoms with Crippen molar-refractivity contribution in [1.29, 1.82) is 0 Å². The van der Waals surface area contributed by atoms with Gasteiger partial charge in [-0.25, -0.2) is 9.78 Å². The van der Waals surface area contributed by atoms with Gasteiger partial charge in [0.05, 0.1) is 5.56 Å². The maximum Gasteiger partial charge on any atom is 0.336 e. The predicted octanol–water partition coefficient (Wildman–Crippen LogP) is 4.90. The van der Waals surface area contributed by atoms with E-state index in [2.05, 4.69) is 29.0 Å². The predicted molar refractivity (Wildman–Crippen MR) is 103 cm³/mol. The van der Waals surface area contributed by atoms with Crippen LogP contribution < -0.4 is 0 Å². The van der Waals surface area contributed by atoms with Crippen LogP contribution in [0.3, 0.4) is 0 Å². The van der Waals surface area contributed by atoms with Crippen molar-refractivity contribution in [3.8, 4) is 11.1 Å². The molecule has 2 N–H and O–H groups in total. The van der Waals surface area contributed by atoms with Gasteiger partial charge in [-0.15, -0.1) is 0 Å². The van der Waals surface area contributed by atoms with Crippen LogP contribution in [0.15, 0.2) is 54.7 Å². The third kappa shape index (κ3) is 4.39. The lowest BCUT2D eigenvalue weighted by Crippen LogP contribution is -1.99. The third-order valence-electron chi connectivity index (χ3n) is 4.55. The summed E-state index contributed by atoms with van der Waals surface area (Å²) >= 11 is 0. The Balaban J connectivity index is 1.65. The van der Waals surface area contributed by atoms with Crippen molar-refractivity contribution in [3.05, 3.63) is 77.4 Å². The summed E-state index contributed by atoms with van der Waals surface area (Å²) in [4.78, 5) is 19.2. The number of carbonyl (C=O) groups is 1. The number of aryl methyl sites for hydroxylation is 3. The van der Waals surface area contributed by atoms with E-state index in [0.29, 0.717) is 5.56 Å². The zero-order valence-corrected chi connectivity index (χ0v) is 15.0. The van der Waals surface area contributed by atoms with E-state index >= 15 is 0 Å². The fourth-order valence-electron chi connectivity index (χ4n) is 3.06. The van der Waals surface area contributed by atoms with Gasteiger partial charge < -0.3 is 10.1 Å². The standard InChI is InChI=1S/C22H24N2O2/c1-2-3-6-18-15-23-21(24-18)14-11-16-9-12-17(13-10-16)19-7-4-5-8-20(19)22(25)26/h4-5,7-10,12-13,15H,2-3,6,11,14H2,1H3,(H,23,24)(H,25,26). The Kier molecular flexibility index (Phi) is 5.84. The number of unbranched alkanes of at least 4 members (excludes halogenated alkanes) is 1. The van der Waals surface area contributed by atoms with Gasteiger partial charge in [0, 0.05) is 18.3 Å². The Morgan fingerprint density at radius 3 is 2.54 bits per heavy atom. The van der Waals surface area contributed by atoms with Crippen LogP contribution in [0.5, 0.6) is 0 Å². The second-order valence-electron chi connectivity index (χ2n) is 6.51. The molecule has 134 valence electrons. The van der Waals surface area contributed by atoms with Crippen LogP contribution in [0.2, 0.25) is 0 Å². The summed E-state index contributed by atoms with van der Waals surface area (Å²) in [6.45, 7) is 2.19. The maximum atomic E-state index is 11.4. The Morgan fingerprint density at radius 2 is 1.81 bits per heavy atom. The molecule has 1 aromatic heterocycles. The molecule has 0 bridgehead atoms. The van der Waals surface area contributed by atoms with Gasteiger partial charge in [-0.3, -0.25) is 0 Å². The van der Waals surface area contributed by atoms with E-state index in [1.165, 1.54) is 24.1 Å². The molecule has 1 heterocycles. The van der Waals surface area contributed by atoms with E-state index < -0.39 is 5.97 Å². The molecule has 0 radical (unpaired) electrons. The smallest absolute Gasteiger partial charge is 0.336 e. The summed E-state index contributed by atoms with van der Waals surface area (Å²) < 4.78 is 0. The van der Waals surface area contributed by atoms with E-state index in [1.807, 2.05) is 30.5 Å². The van der Waals surface area contributed by atoms with Crippen molar-refractivity contribution < 1.29 is 9.90 Å². The first-order chi connectivity index (χ1) is 12.7. The number of carboxylic acid groups (broad SMARTS) is 1.